The third-order valence-corrected chi connectivity index (χ3v) is 2.07. The standard InChI is InChI=1S/C9H19NO4/c1-2-6(10)3-4-7(12)9(14)8(13)5-11/h2,6-9,11-14H,1,3-5,10H2/t6?,7-,8-,9+/m1/s1. The Kier molecular flexibility index (Phi) is 6.69. The topological polar surface area (TPSA) is 107 Å². The first-order valence-corrected chi connectivity index (χ1v) is 4.56. The molecule has 5 heteroatoms. The highest BCUT2D eigenvalue weighted by Gasteiger charge is 2.23. The molecule has 0 amide bonds. The van der Waals surface area contributed by atoms with Crippen LogP contribution in [-0.4, -0.2) is 51.4 Å². The first kappa shape index (κ1) is 13.5. The van der Waals surface area contributed by atoms with Gasteiger partial charge in [-0.2, -0.15) is 0 Å². The molecule has 0 saturated heterocycles. The molecule has 6 N–H and O–H groups in total. The fraction of sp³-hybridized carbons (Fsp3) is 0.778. The Bertz CT molecular complexity index is 165. The van der Waals surface area contributed by atoms with E-state index in [4.69, 9.17) is 15.9 Å². The minimum atomic E-state index is -1.34. The van der Waals surface area contributed by atoms with Crippen molar-refractivity contribution < 1.29 is 20.4 Å². The van der Waals surface area contributed by atoms with E-state index in [1.54, 1.807) is 6.08 Å². The number of hydrogen-bond acceptors (Lipinski definition) is 5. The molecule has 0 saturated carbocycles. The van der Waals surface area contributed by atoms with Gasteiger partial charge in [0.2, 0.25) is 0 Å². The van der Waals surface area contributed by atoms with Gasteiger partial charge in [-0.3, -0.25) is 0 Å². The maximum atomic E-state index is 9.35. The molecule has 14 heavy (non-hydrogen) atoms. The number of aliphatic hydroxyl groups is 4. The summed E-state index contributed by atoms with van der Waals surface area (Å²) < 4.78 is 0. The molecular weight excluding hydrogens is 186 g/mol. The van der Waals surface area contributed by atoms with Gasteiger partial charge in [0.05, 0.1) is 12.7 Å². The first-order valence-electron chi connectivity index (χ1n) is 4.56. The van der Waals surface area contributed by atoms with E-state index in [0.717, 1.165) is 0 Å². The fourth-order valence-electron chi connectivity index (χ4n) is 1.02. The van der Waals surface area contributed by atoms with Crippen LogP contribution in [0.5, 0.6) is 0 Å². The Morgan fingerprint density at radius 2 is 1.71 bits per heavy atom. The maximum Gasteiger partial charge on any atom is 0.108 e. The highest BCUT2D eigenvalue weighted by Crippen LogP contribution is 2.08. The van der Waals surface area contributed by atoms with E-state index >= 15 is 0 Å². The van der Waals surface area contributed by atoms with Crippen LogP contribution < -0.4 is 5.73 Å². The molecule has 0 aromatic heterocycles. The van der Waals surface area contributed by atoms with Gasteiger partial charge in [-0.15, -0.1) is 6.58 Å². The summed E-state index contributed by atoms with van der Waals surface area (Å²) in [5.41, 5.74) is 5.51. The Labute approximate surface area is 83.5 Å². The van der Waals surface area contributed by atoms with E-state index in [1.165, 1.54) is 0 Å². The Morgan fingerprint density at radius 3 is 2.14 bits per heavy atom. The number of nitrogens with two attached hydrogens (primary N) is 1. The van der Waals surface area contributed by atoms with E-state index in [-0.39, 0.29) is 12.5 Å². The first-order chi connectivity index (χ1) is 6.52. The lowest BCUT2D eigenvalue weighted by atomic mass is 10.0. The van der Waals surface area contributed by atoms with Crippen LogP contribution in [0.3, 0.4) is 0 Å². The zero-order valence-corrected chi connectivity index (χ0v) is 8.08. The molecule has 0 rings (SSSR count). The normalized spacial score (nSPS) is 19.8. The third-order valence-electron chi connectivity index (χ3n) is 2.07. The molecule has 0 fully saturated rings. The predicted octanol–water partition coefficient (Wildman–Crippen LogP) is -1.65. The lowest BCUT2D eigenvalue weighted by Crippen LogP contribution is -2.40. The van der Waals surface area contributed by atoms with Gasteiger partial charge >= 0.3 is 0 Å². The zero-order valence-electron chi connectivity index (χ0n) is 8.08. The van der Waals surface area contributed by atoms with Crippen molar-refractivity contribution in [3.05, 3.63) is 12.7 Å². The largest absolute Gasteiger partial charge is 0.394 e. The molecule has 0 bridgehead atoms. The highest BCUT2D eigenvalue weighted by atomic mass is 16.4. The lowest BCUT2D eigenvalue weighted by molar-refractivity contribution is -0.0787. The lowest BCUT2D eigenvalue weighted by Gasteiger charge is -2.21. The number of aliphatic hydroxyl groups excluding tert-OH is 4. The minimum absolute atomic E-state index is 0.233. The van der Waals surface area contributed by atoms with Crippen molar-refractivity contribution in [1.29, 1.82) is 0 Å². The van der Waals surface area contributed by atoms with Crippen LogP contribution >= 0.6 is 0 Å². The minimum Gasteiger partial charge on any atom is -0.394 e. The van der Waals surface area contributed by atoms with Gasteiger partial charge in [-0.05, 0) is 12.8 Å². The molecule has 0 radical (unpaired) electrons. The van der Waals surface area contributed by atoms with Crippen molar-refractivity contribution in [2.24, 2.45) is 5.73 Å². The summed E-state index contributed by atoms with van der Waals surface area (Å²) >= 11 is 0. The smallest absolute Gasteiger partial charge is 0.108 e. The fourth-order valence-corrected chi connectivity index (χ4v) is 1.02. The summed E-state index contributed by atoms with van der Waals surface area (Å²) in [6.07, 6.45) is -1.46. The summed E-state index contributed by atoms with van der Waals surface area (Å²) in [6.45, 7) is 2.90. The molecule has 1 unspecified atom stereocenters. The van der Waals surface area contributed by atoms with Crippen molar-refractivity contribution in [2.45, 2.75) is 37.2 Å². The SMILES string of the molecule is C=CC(N)CC[C@@H](O)[C@H](O)[C@H](O)CO. The van der Waals surface area contributed by atoms with Gasteiger partial charge in [0.25, 0.3) is 0 Å². The van der Waals surface area contributed by atoms with Crippen LogP contribution in [0, 0.1) is 0 Å². The summed E-state index contributed by atoms with van der Waals surface area (Å²) in [6, 6.07) is -0.233. The van der Waals surface area contributed by atoms with E-state index in [1.807, 2.05) is 0 Å². The van der Waals surface area contributed by atoms with Crippen LogP contribution in [0.2, 0.25) is 0 Å². The molecule has 0 aliphatic carbocycles. The van der Waals surface area contributed by atoms with Gasteiger partial charge in [0, 0.05) is 6.04 Å². The molecule has 5 nitrogen and oxygen atoms in total. The molecule has 0 aliphatic heterocycles. The number of rotatable bonds is 7. The average molecular weight is 205 g/mol. The molecule has 0 aromatic rings. The Balaban J connectivity index is 3.82. The van der Waals surface area contributed by atoms with Gasteiger partial charge in [0.15, 0.2) is 0 Å². The van der Waals surface area contributed by atoms with Crippen molar-refractivity contribution in [2.75, 3.05) is 6.61 Å². The summed E-state index contributed by atoms with van der Waals surface area (Å²) in [5.74, 6) is 0. The quantitative estimate of drug-likeness (QED) is 0.320. The van der Waals surface area contributed by atoms with Crippen LogP contribution in [0.15, 0.2) is 12.7 Å². The summed E-state index contributed by atoms with van der Waals surface area (Å²) in [7, 11) is 0. The van der Waals surface area contributed by atoms with E-state index in [9.17, 15) is 10.2 Å². The number of hydrogen-bond donors (Lipinski definition) is 5. The molecule has 84 valence electrons. The highest BCUT2D eigenvalue weighted by molar-refractivity contribution is 4.84. The van der Waals surface area contributed by atoms with Crippen LogP contribution in [-0.2, 0) is 0 Å². The Morgan fingerprint density at radius 1 is 1.14 bits per heavy atom. The van der Waals surface area contributed by atoms with Crippen molar-refractivity contribution >= 4 is 0 Å². The van der Waals surface area contributed by atoms with E-state index in [0.29, 0.717) is 6.42 Å². The molecular formula is C9H19NO4. The van der Waals surface area contributed by atoms with Crippen LogP contribution in [0.25, 0.3) is 0 Å². The van der Waals surface area contributed by atoms with Gasteiger partial charge < -0.3 is 26.2 Å². The molecule has 0 spiro atoms. The Hall–Kier alpha value is -0.460. The average Bonchev–Trinajstić information content (AvgIpc) is 2.22. The van der Waals surface area contributed by atoms with Gasteiger partial charge in [-0.1, -0.05) is 6.08 Å². The summed E-state index contributed by atoms with van der Waals surface area (Å²) in [4.78, 5) is 0. The van der Waals surface area contributed by atoms with Crippen LogP contribution in [0.1, 0.15) is 12.8 Å². The molecule has 4 atom stereocenters. The van der Waals surface area contributed by atoms with Crippen LogP contribution in [0.4, 0.5) is 0 Å². The second-order valence-electron chi connectivity index (χ2n) is 3.28. The van der Waals surface area contributed by atoms with Crippen molar-refractivity contribution in [3.8, 4) is 0 Å². The molecule has 0 aromatic carbocycles. The third kappa shape index (κ3) is 4.69. The molecule has 0 aliphatic rings. The van der Waals surface area contributed by atoms with E-state index in [2.05, 4.69) is 6.58 Å². The monoisotopic (exact) mass is 205 g/mol. The molecule has 0 heterocycles. The van der Waals surface area contributed by atoms with Crippen molar-refractivity contribution in [3.63, 3.8) is 0 Å². The van der Waals surface area contributed by atoms with E-state index < -0.39 is 24.9 Å². The van der Waals surface area contributed by atoms with Crippen molar-refractivity contribution in [1.82, 2.24) is 0 Å². The second kappa shape index (κ2) is 6.92. The maximum absolute atomic E-state index is 9.35. The predicted molar refractivity (Wildman–Crippen MR) is 52.5 cm³/mol. The van der Waals surface area contributed by atoms with Gasteiger partial charge in [0.1, 0.15) is 12.2 Å². The second-order valence-corrected chi connectivity index (χ2v) is 3.28. The van der Waals surface area contributed by atoms with Gasteiger partial charge in [-0.25, -0.2) is 0 Å². The summed E-state index contributed by atoms with van der Waals surface area (Å²) in [5, 5.41) is 36.1. The zero-order chi connectivity index (χ0) is 11.1.